The summed E-state index contributed by atoms with van der Waals surface area (Å²) in [6.07, 6.45) is 2.86. The molecule has 0 bridgehead atoms. The van der Waals surface area contributed by atoms with Crippen LogP contribution in [0.3, 0.4) is 0 Å². The molecular weight excluding hydrogens is 492 g/mol. The zero-order valence-electron chi connectivity index (χ0n) is 15.3. The van der Waals surface area contributed by atoms with Crippen LogP contribution in [-0.4, -0.2) is 39.5 Å². The van der Waals surface area contributed by atoms with Gasteiger partial charge in [-0.15, -0.1) is 0 Å². The molecule has 0 N–H and O–H groups in total. The Bertz CT molecular complexity index is 960. The molecule has 0 saturated heterocycles. The van der Waals surface area contributed by atoms with Crippen molar-refractivity contribution < 1.29 is 8.42 Å². The first-order valence-corrected chi connectivity index (χ1v) is 12.1. The fourth-order valence-corrected chi connectivity index (χ4v) is 6.83. The third-order valence-electron chi connectivity index (χ3n) is 5.81. The van der Waals surface area contributed by atoms with Gasteiger partial charge in [0.15, 0.2) is 0 Å². The van der Waals surface area contributed by atoms with Crippen molar-refractivity contribution in [3.8, 4) is 0 Å². The van der Waals surface area contributed by atoms with Crippen molar-refractivity contribution in [2.24, 2.45) is 0 Å². The van der Waals surface area contributed by atoms with Crippen molar-refractivity contribution in [1.82, 2.24) is 4.90 Å². The summed E-state index contributed by atoms with van der Waals surface area (Å²) in [5.74, 6) is 0.226. The Labute approximate surface area is 177 Å². The SMILES string of the molecule is CN(C)C1CCC2C(C1)c1cc(Br)ccc1N2S(=O)(=O)c1ccc(Br)cc1. The molecule has 0 spiro atoms. The van der Waals surface area contributed by atoms with Gasteiger partial charge in [0.25, 0.3) is 10.0 Å². The minimum Gasteiger partial charge on any atom is -0.306 e. The Balaban J connectivity index is 1.81. The molecule has 1 saturated carbocycles. The summed E-state index contributed by atoms with van der Waals surface area (Å²) < 4.78 is 30.7. The van der Waals surface area contributed by atoms with Gasteiger partial charge in [0.2, 0.25) is 0 Å². The predicted molar refractivity (Wildman–Crippen MR) is 116 cm³/mol. The molecule has 2 aromatic rings. The largest absolute Gasteiger partial charge is 0.306 e. The molecule has 0 amide bonds. The Kier molecular flexibility index (Phi) is 5.16. The van der Waals surface area contributed by atoms with Crippen LogP contribution in [0.2, 0.25) is 0 Å². The van der Waals surface area contributed by atoms with E-state index in [9.17, 15) is 8.42 Å². The first-order valence-electron chi connectivity index (χ1n) is 9.05. The van der Waals surface area contributed by atoms with Crippen molar-refractivity contribution in [2.45, 2.75) is 42.2 Å². The fourth-order valence-electron chi connectivity index (χ4n) is 4.45. The van der Waals surface area contributed by atoms with Gasteiger partial charge in [-0.05, 0) is 81.4 Å². The van der Waals surface area contributed by atoms with Crippen molar-refractivity contribution >= 4 is 47.6 Å². The predicted octanol–water partition coefficient (Wildman–Crippen LogP) is 4.99. The normalized spacial score (nSPS) is 24.8. The Morgan fingerprint density at radius 3 is 2.33 bits per heavy atom. The highest BCUT2D eigenvalue weighted by Crippen LogP contribution is 2.51. The molecule has 1 aliphatic heterocycles. The van der Waals surface area contributed by atoms with Gasteiger partial charge in [0, 0.05) is 20.9 Å². The third kappa shape index (κ3) is 3.37. The molecule has 3 atom stereocenters. The Morgan fingerprint density at radius 1 is 1.00 bits per heavy atom. The fraction of sp³-hybridized carbons (Fsp3) is 0.400. The van der Waals surface area contributed by atoms with E-state index in [4.69, 9.17) is 0 Å². The maximum absolute atomic E-state index is 13.6. The van der Waals surface area contributed by atoms with E-state index >= 15 is 0 Å². The zero-order chi connectivity index (χ0) is 19.3. The molecule has 1 heterocycles. The second kappa shape index (κ2) is 7.17. The van der Waals surface area contributed by atoms with Gasteiger partial charge in [-0.2, -0.15) is 0 Å². The molecule has 144 valence electrons. The first kappa shape index (κ1) is 19.4. The van der Waals surface area contributed by atoms with Crippen LogP contribution in [-0.2, 0) is 10.0 Å². The average Bonchev–Trinajstić information content (AvgIpc) is 2.95. The number of hydrogen-bond donors (Lipinski definition) is 0. The van der Waals surface area contributed by atoms with Crippen molar-refractivity contribution in [3.63, 3.8) is 0 Å². The van der Waals surface area contributed by atoms with Crippen LogP contribution < -0.4 is 4.31 Å². The van der Waals surface area contributed by atoms with Crippen LogP contribution in [0.4, 0.5) is 5.69 Å². The summed E-state index contributed by atoms with van der Waals surface area (Å²) in [7, 11) is 0.612. The molecule has 1 aliphatic carbocycles. The molecule has 2 aromatic carbocycles. The van der Waals surface area contributed by atoms with Gasteiger partial charge in [0.1, 0.15) is 0 Å². The topological polar surface area (TPSA) is 40.6 Å². The lowest BCUT2D eigenvalue weighted by atomic mass is 9.79. The number of hydrogen-bond acceptors (Lipinski definition) is 3. The summed E-state index contributed by atoms with van der Waals surface area (Å²) in [6, 6.07) is 13.4. The molecular formula is C20H22Br2N2O2S. The summed E-state index contributed by atoms with van der Waals surface area (Å²) in [5, 5.41) is 0. The van der Waals surface area contributed by atoms with Crippen LogP contribution in [0.1, 0.15) is 30.7 Å². The lowest BCUT2D eigenvalue weighted by Gasteiger charge is -2.38. The summed E-state index contributed by atoms with van der Waals surface area (Å²) in [5.41, 5.74) is 1.97. The van der Waals surface area contributed by atoms with Gasteiger partial charge < -0.3 is 4.90 Å². The first-order chi connectivity index (χ1) is 12.8. The molecule has 0 radical (unpaired) electrons. The summed E-state index contributed by atoms with van der Waals surface area (Å²) >= 11 is 6.95. The number of fused-ring (bicyclic) bond motifs is 3. The molecule has 4 nitrogen and oxygen atoms in total. The van der Waals surface area contributed by atoms with Gasteiger partial charge in [0.05, 0.1) is 16.6 Å². The Morgan fingerprint density at radius 2 is 1.67 bits per heavy atom. The number of sulfonamides is 1. The van der Waals surface area contributed by atoms with E-state index in [0.717, 1.165) is 39.5 Å². The van der Waals surface area contributed by atoms with Gasteiger partial charge >= 0.3 is 0 Å². The second-order valence-corrected chi connectivity index (χ2v) is 11.2. The molecule has 0 aromatic heterocycles. The molecule has 1 fully saturated rings. The Hall–Kier alpha value is -0.890. The molecule has 3 unspecified atom stereocenters. The van der Waals surface area contributed by atoms with Crippen LogP contribution in [0, 0.1) is 0 Å². The lowest BCUT2D eigenvalue weighted by Crippen LogP contribution is -2.45. The second-order valence-electron chi connectivity index (χ2n) is 7.56. The number of halogens is 2. The summed E-state index contributed by atoms with van der Waals surface area (Å²) in [6.45, 7) is 0. The molecule has 2 aliphatic rings. The molecule has 4 rings (SSSR count). The lowest BCUT2D eigenvalue weighted by molar-refractivity contribution is 0.205. The summed E-state index contributed by atoms with van der Waals surface area (Å²) in [4.78, 5) is 2.61. The molecule has 27 heavy (non-hydrogen) atoms. The van der Waals surface area contributed by atoms with Crippen LogP contribution in [0.25, 0.3) is 0 Å². The van der Waals surface area contributed by atoms with E-state index in [1.54, 1.807) is 28.6 Å². The highest BCUT2D eigenvalue weighted by atomic mass is 79.9. The monoisotopic (exact) mass is 512 g/mol. The third-order valence-corrected chi connectivity index (χ3v) is 8.69. The van der Waals surface area contributed by atoms with E-state index < -0.39 is 10.0 Å². The minimum atomic E-state index is -3.61. The van der Waals surface area contributed by atoms with E-state index in [-0.39, 0.29) is 12.0 Å². The standard InChI is InChI=1S/C20H22Br2N2O2S/c1-23(2)15-6-10-20-18(12-15)17-11-14(22)5-9-19(17)24(20)27(25,26)16-7-3-13(21)4-8-16/h3-5,7-9,11,15,18,20H,6,10,12H2,1-2H3. The quantitative estimate of drug-likeness (QED) is 0.580. The van der Waals surface area contributed by atoms with E-state index in [1.165, 1.54) is 0 Å². The van der Waals surface area contributed by atoms with Gasteiger partial charge in [-0.25, -0.2) is 8.42 Å². The highest BCUT2D eigenvalue weighted by molar-refractivity contribution is 9.10. The van der Waals surface area contributed by atoms with Gasteiger partial charge in [-0.1, -0.05) is 31.9 Å². The highest BCUT2D eigenvalue weighted by Gasteiger charge is 2.47. The maximum Gasteiger partial charge on any atom is 0.264 e. The van der Waals surface area contributed by atoms with Crippen molar-refractivity contribution in [2.75, 3.05) is 18.4 Å². The van der Waals surface area contributed by atoms with E-state index in [0.29, 0.717) is 10.9 Å². The van der Waals surface area contributed by atoms with Crippen molar-refractivity contribution in [1.29, 1.82) is 0 Å². The van der Waals surface area contributed by atoms with E-state index in [1.807, 2.05) is 12.1 Å². The van der Waals surface area contributed by atoms with Crippen LogP contribution in [0.15, 0.2) is 56.3 Å². The number of rotatable bonds is 3. The minimum absolute atomic E-state index is 0.0147. The molecule has 7 heteroatoms. The number of benzene rings is 2. The van der Waals surface area contributed by atoms with E-state index in [2.05, 4.69) is 56.9 Å². The smallest absolute Gasteiger partial charge is 0.264 e. The van der Waals surface area contributed by atoms with Crippen LogP contribution in [0.5, 0.6) is 0 Å². The van der Waals surface area contributed by atoms with Crippen LogP contribution >= 0.6 is 31.9 Å². The number of nitrogens with zero attached hydrogens (tertiary/aromatic N) is 2. The van der Waals surface area contributed by atoms with Crippen molar-refractivity contribution in [3.05, 3.63) is 57.0 Å². The zero-order valence-corrected chi connectivity index (χ0v) is 19.3. The average molecular weight is 514 g/mol. The maximum atomic E-state index is 13.6. The number of anilines is 1. The van der Waals surface area contributed by atoms with Gasteiger partial charge in [-0.3, -0.25) is 4.31 Å².